The fourth-order valence-electron chi connectivity index (χ4n) is 3.16. The highest BCUT2D eigenvalue weighted by Crippen LogP contribution is 2.51. The van der Waals surface area contributed by atoms with Crippen LogP contribution in [0.2, 0.25) is 0 Å². The van der Waals surface area contributed by atoms with E-state index in [4.69, 9.17) is 5.73 Å². The SMILES string of the molecule is NCC1CC2CC(CC3CC3)=CC12. The molecule has 2 saturated carbocycles. The minimum atomic E-state index is 0.835. The lowest BCUT2D eigenvalue weighted by molar-refractivity contribution is 0.136. The summed E-state index contributed by atoms with van der Waals surface area (Å²) in [6, 6.07) is 0. The second-order valence-corrected chi connectivity index (χ2v) is 5.25. The van der Waals surface area contributed by atoms with Crippen molar-refractivity contribution in [3.8, 4) is 0 Å². The van der Waals surface area contributed by atoms with E-state index >= 15 is 0 Å². The van der Waals surface area contributed by atoms with Gasteiger partial charge in [-0.2, -0.15) is 0 Å². The van der Waals surface area contributed by atoms with Gasteiger partial charge >= 0.3 is 0 Å². The molecule has 1 nitrogen and oxygen atoms in total. The largest absolute Gasteiger partial charge is 0.330 e. The van der Waals surface area contributed by atoms with Crippen LogP contribution >= 0.6 is 0 Å². The van der Waals surface area contributed by atoms with Crippen molar-refractivity contribution in [3.63, 3.8) is 0 Å². The molecule has 0 aromatic carbocycles. The van der Waals surface area contributed by atoms with E-state index in [-0.39, 0.29) is 0 Å². The molecule has 3 aliphatic carbocycles. The number of hydrogen-bond acceptors (Lipinski definition) is 1. The second-order valence-electron chi connectivity index (χ2n) is 5.25. The molecular weight excluding hydrogens is 158 g/mol. The third kappa shape index (κ3) is 1.34. The van der Waals surface area contributed by atoms with Gasteiger partial charge in [0, 0.05) is 0 Å². The fraction of sp³-hybridized carbons (Fsp3) is 0.833. The molecule has 0 saturated heterocycles. The van der Waals surface area contributed by atoms with E-state index in [2.05, 4.69) is 6.08 Å². The summed E-state index contributed by atoms with van der Waals surface area (Å²) in [5, 5.41) is 0. The summed E-state index contributed by atoms with van der Waals surface area (Å²) in [4.78, 5) is 0. The monoisotopic (exact) mass is 177 g/mol. The molecule has 0 radical (unpaired) electrons. The van der Waals surface area contributed by atoms with E-state index in [1.54, 1.807) is 5.57 Å². The molecule has 0 aromatic rings. The summed E-state index contributed by atoms with van der Waals surface area (Å²) >= 11 is 0. The molecule has 13 heavy (non-hydrogen) atoms. The maximum atomic E-state index is 5.72. The van der Waals surface area contributed by atoms with Crippen molar-refractivity contribution in [2.24, 2.45) is 29.4 Å². The van der Waals surface area contributed by atoms with E-state index in [1.807, 2.05) is 0 Å². The predicted octanol–water partition coefficient (Wildman–Crippen LogP) is 2.33. The maximum Gasteiger partial charge on any atom is -0.00430 e. The number of rotatable bonds is 3. The van der Waals surface area contributed by atoms with Crippen LogP contribution in [-0.2, 0) is 0 Å². The zero-order valence-corrected chi connectivity index (χ0v) is 8.21. The van der Waals surface area contributed by atoms with Gasteiger partial charge in [0.15, 0.2) is 0 Å². The standard InChI is InChI=1S/C12H19N/c13-7-11-6-10-4-9(5-12(10)11)3-8-1-2-8/h5,8,10-12H,1-4,6-7,13H2. The smallest absolute Gasteiger partial charge is 0.00430 e. The third-order valence-electron chi connectivity index (χ3n) is 4.20. The molecule has 3 unspecified atom stereocenters. The van der Waals surface area contributed by atoms with Crippen LogP contribution < -0.4 is 5.73 Å². The van der Waals surface area contributed by atoms with Crippen LogP contribution in [0.4, 0.5) is 0 Å². The number of nitrogens with two attached hydrogens (primary N) is 1. The van der Waals surface area contributed by atoms with Gasteiger partial charge in [0.2, 0.25) is 0 Å². The van der Waals surface area contributed by atoms with Gasteiger partial charge < -0.3 is 5.73 Å². The molecule has 1 heteroatoms. The van der Waals surface area contributed by atoms with Crippen LogP contribution in [0.3, 0.4) is 0 Å². The summed E-state index contributed by atoms with van der Waals surface area (Å²) in [6.07, 6.45) is 9.80. The predicted molar refractivity (Wildman–Crippen MR) is 54.2 cm³/mol. The molecule has 0 aromatic heterocycles. The first-order chi connectivity index (χ1) is 6.36. The Bertz CT molecular complexity index is 240. The average Bonchev–Trinajstić information content (AvgIpc) is 2.85. The lowest BCUT2D eigenvalue weighted by Crippen LogP contribution is -2.37. The molecule has 0 aliphatic heterocycles. The van der Waals surface area contributed by atoms with Gasteiger partial charge in [-0.15, -0.1) is 0 Å². The Morgan fingerprint density at radius 1 is 1.38 bits per heavy atom. The Kier molecular flexibility index (Phi) is 1.76. The topological polar surface area (TPSA) is 26.0 Å². The molecular formula is C12H19N. The van der Waals surface area contributed by atoms with Crippen molar-refractivity contribution in [2.75, 3.05) is 6.54 Å². The van der Waals surface area contributed by atoms with Crippen LogP contribution in [0.25, 0.3) is 0 Å². The van der Waals surface area contributed by atoms with Gasteiger partial charge in [0.1, 0.15) is 0 Å². The molecule has 2 N–H and O–H groups in total. The van der Waals surface area contributed by atoms with Crippen molar-refractivity contribution in [2.45, 2.75) is 32.1 Å². The van der Waals surface area contributed by atoms with Gasteiger partial charge in [-0.05, 0) is 62.3 Å². The van der Waals surface area contributed by atoms with Crippen molar-refractivity contribution >= 4 is 0 Å². The van der Waals surface area contributed by atoms with Crippen LogP contribution in [0.1, 0.15) is 32.1 Å². The summed E-state index contributed by atoms with van der Waals surface area (Å²) in [5.74, 6) is 3.79. The molecule has 2 fully saturated rings. The lowest BCUT2D eigenvalue weighted by atomic mass is 9.66. The molecule has 0 bridgehead atoms. The molecule has 0 spiro atoms. The van der Waals surface area contributed by atoms with Gasteiger partial charge in [-0.1, -0.05) is 11.6 Å². The van der Waals surface area contributed by atoms with E-state index in [0.717, 1.165) is 30.2 Å². The Hall–Kier alpha value is -0.300. The van der Waals surface area contributed by atoms with Crippen molar-refractivity contribution in [1.29, 1.82) is 0 Å². The van der Waals surface area contributed by atoms with E-state index in [1.165, 1.54) is 32.1 Å². The van der Waals surface area contributed by atoms with Gasteiger partial charge in [0.25, 0.3) is 0 Å². The first-order valence-corrected chi connectivity index (χ1v) is 5.76. The van der Waals surface area contributed by atoms with Crippen molar-refractivity contribution in [3.05, 3.63) is 11.6 Å². The minimum Gasteiger partial charge on any atom is -0.330 e. The maximum absolute atomic E-state index is 5.72. The summed E-state index contributed by atoms with van der Waals surface area (Å²) < 4.78 is 0. The summed E-state index contributed by atoms with van der Waals surface area (Å²) in [5.41, 5.74) is 7.49. The summed E-state index contributed by atoms with van der Waals surface area (Å²) in [6.45, 7) is 0.911. The number of allylic oxidation sites excluding steroid dienone is 2. The van der Waals surface area contributed by atoms with Crippen molar-refractivity contribution in [1.82, 2.24) is 0 Å². The number of hydrogen-bond donors (Lipinski definition) is 1. The van der Waals surface area contributed by atoms with Crippen LogP contribution in [0.5, 0.6) is 0 Å². The van der Waals surface area contributed by atoms with Gasteiger partial charge in [-0.25, -0.2) is 0 Å². The Balaban J connectivity index is 1.62. The Morgan fingerprint density at radius 3 is 2.92 bits per heavy atom. The molecule has 0 amide bonds. The van der Waals surface area contributed by atoms with Crippen LogP contribution in [0.15, 0.2) is 11.6 Å². The van der Waals surface area contributed by atoms with Crippen LogP contribution in [-0.4, -0.2) is 6.54 Å². The molecule has 3 atom stereocenters. The molecule has 3 aliphatic rings. The third-order valence-corrected chi connectivity index (χ3v) is 4.20. The van der Waals surface area contributed by atoms with Crippen LogP contribution in [0, 0.1) is 23.7 Å². The average molecular weight is 177 g/mol. The zero-order valence-electron chi connectivity index (χ0n) is 8.21. The zero-order chi connectivity index (χ0) is 8.84. The lowest BCUT2D eigenvalue weighted by Gasteiger charge is -2.39. The number of fused-ring (bicyclic) bond motifs is 1. The summed E-state index contributed by atoms with van der Waals surface area (Å²) in [7, 11) is 0. The van der Waals surface area contributed by atoms with E-state index in [9.17, 15) is 0 Å². The van der Waals surface area contributed by atoms with E-state index in [0.29, 0.717) is 0 Å². The highest BCUT2D eigenvalue weighted by molar-refractivity contribution is 5.20. The second kappa shape index (κ2) is 2.84. The quantitative estimate of drug-likeness (QED) is 0.658. The first kappa shape index (κ1) is 8.05. The Morgan fingerprint density at radius 2 is 2.23 bits per heavy atom. The Labute approximate surface area is 80.4 Å². The normalized spacial score (nSPS) is 42.5. The van der Waals surface area contributed by atoms with E-state index < -0.39 is 0 Å². The van der Waals surface area contributed by atoms with Gasteiger partial charge in [-0.3, -0.25) is 0 Å². The minimum absolute atomic E-state index is 0.835. The van der Waals surface area contributed by atoms with Crippen molar-refractivity contribution < 1.29 is 0 Å². The van der Waals surface area contributed by atoms with Gasteiger partial charge in [0.05, 0.1) is 0 Å². The highest BCUT2D eigenvalue weighted by Gasteiger charge is 2.42. The fourth-order valence-corrected chi connectivity index (χ4v) is 3.16. The highest BCUT2D eigenvalue weighted by atomic mass is 14.6. The first-order valence-electron chi connectivity index (χ1n) is 5.76. The molecule has 72 valence electrons. The molecule has 0 heterocycles. The molecule has 3 rings (SSSR count).